The van der Waals surface area contributed by atoms with Gasteiger partial charge in [-0.15, -0.1) is 11.8 Å². The van der Waals surface area contributed by atoms with Gasteiger partial charge in [0.15, 0.2) is 0 Å². The van der Waals surface area contributed by atoms with E-state index in [2.05, 4.69) is 16.0 Å². The summed E-state index contributed by atoms with van der Waals surface area (Å²) in [7, 11) is 3.09. The number of rotatable bonds is 6. The first-order valence-electron chi connectivity index (χ1n) is 7.20. The molecule has 0 spiro atoms. The standard InChI is InChI=1S/C15H21N3O4S/c1-9-6-13(19)18-15(16-9)23-8-14(20)17-11-7-10(21-2)4-5-12(11)22-3/h4-5,7,9,15-16H,6,8H2,1-3H3,(H,17,20)(H,18,19). The van der Waals surface area contributed by atoms with Crippen molar-refractivity contribution in [2.45, 2.75) is 24.9 Å². The highest BCUT2D eigenvalue weighted by atomic mass is 32.2. The molecule has 1 saturated heterocycles. The van der Waals surface area contributed by atoms with Crippen LogP contribution in [0.5, 0.6) is 11.5 Å². The maximum atomic E-state index is 12.1. The molecule has 23 heavy (non-hydrogen) atoms. The number of methoxy groups -OCH3 is 2. The van der Waals surface area contributed by atoms with E-state index in [-0.39, 0.29) is 29.1 Å². The summed E-state index contributed by atoms with van der Waals surface area (Å²) in [4.78, 5) is 23.6. The quantitative estimate of drug-likeness (QED) is 0.721. The molecule has 2 atom stereocenters. The van der Waals surface area contributed by atoms with Crippen LogP contribution >= 0.6 is 11.8 Å². The Labute approximate surface area is 139 Å². The Morgan fingerprint density at radius 1 is 1.39 bits per heavy atom. The second-order valence-corrected chi connectivity index (χ2v) is 6.24. The van der Waals surface area contributed by atoms with Gasteiger partial charge in [-0.25, -0.2) is 0 Å². The van der Waals surface area contributed by atoms with Gasteiger partial charge >= 0.3 is 0 Å². The molecule has 2 rings (SSSR count). The third kappa shape index (κ3) is 5.04. The lowest BCUT2D eigenvalue weighted by Gasteiger charge is -2.28. The summed E-state index contributed by atoms with van der Waals surface area (Å²) in [6, 6.07) is 5.28. The zero-order chi connectivity index (χ0) is 16.8. The van der Waals surface area contributed by atoms with Crippen molar-refractivity contribution < 1.29 is 19.1 Å². The molecule has 0 bridgehead atoms. The SMILES string of the molecule is COc1ccc(OC)c(NC(=O)CSC2NC(=O)CC(C)N2)c1. The van der Waals surface area contributed by atoms with Crippen molar-refractivity contribution >= 4 is 29.3 Å². The van der Waals surface area contributed by atoms with Crippen molar-refractivity contribution in [3.63, 3.8) is 0 Å². The van der Waals surface area contributed by atoms with E-state index >= 15 is 0 Å². The third-order valence-electron chi connectivity index (χ3n) is 3.28. The first-order valence-corrected chi connectivity index (χ1v) is 8.25. The number of benzene rings is 1. The van der Waals surface area contributed by atoms with Gasteiger partial charge in [0.25, 0.3) is 0 Å². The second kappa shape index (κ2) is 8.07. The number of nitrogens with one attached hydrogen (secondary N) is 3. The number of hydrogen-bond donors (Lipinski definition) is 3. The molecule has 1 aliphatic rings. The lowest BCUT2D eigenvalue weighted by Crippen LogP contribution is -2.53. The normalized spacial score (nSPS) is 20.6. The Morgan fingerprint density at radius 3 is 2.83 bits per heavy atom. The molecule has 0 radical (unpaired) electrons. The highest BCUT2D eigenvalue weighted by Gasteiger charge is 2.23. The first kappa shape index (κ1) is 17.4. The lowest BCUT2D eigenvalue weighted by molar-refractivity contribution is -0.123. The lowest BCUT2D eigenvalue weighted by atomic mass is 10.2. The molecular weight excluding hydrogens is 318 g/mol. The molecule has 1 aromatic rings. The van der Waals surface area contributed by atoms with E-state index < -0.39 is 0 Å². The number of amides is 2. The number of anilines is 1. The average molecular weight is 339 g/mol. The van der Waals surface area contributed by atoms with E-state index in [9.17, 15) is 9.59 Å². The zero-order valence-corrected chi connectivity index (χ0v) is 14.2. The second-order valence-electron chi connectivity index (χ2n) is 5.14. The smallest absolute Gasteiger partial charge is 0.234 e. The summed E-state index contributed by atoms with van der Waals surface area (Å²) >= 11 is 1.33. The van der Waals surface area contributed by atoms with Gasteiger partial charge < -0.3 is 20.1 Å². The Bertz CT molecular complexity index is 582. The van der Waals surface area contributed by atoms with Gasteiger partial charge in [0.05, 0.1) is 25.7 Å². The van der Waals surface area contributed by atoms with E-state index in [1.165, 1.54) is 18.9 Å². The van der Waals surface area contributed by atoms with Gasteiger partial charge in [-0.2, -0.15) is 0 Å². The molecule has 1 fully saturated rings. The van der Waals surface area contributed by atoms with Gasteiger partial charge in [-0.3, -0.25) is 14.9 Å². The van der Waals surface area contributed by atoms with E-state index in [4.69, 9.17) is 9.47 Å². The molecule has 1 heterocycles. The van der Waals surface area contributed by atoms with Crippen LogP contribution in [-0.2, 0) is 9.59 Å². The Morgan fingerprint density at radius 2 is 2.17 bits per heavy atom. The Hall–Kier alpha value is -1.93. The van der Waals surface area contributed by atoms with E-state index in [0.29, 0.717) is 23.6 Å². The fourth-order valence-electron chi connectivity index (χ4n) is 2.19. The van der Waals surface area contributed by atoms with Gasteiger partial charge in [0.2, 0.25) is 11.8 Å². The summed E-state index contributed by atoms with van der Waals surface area (Å²) in [5.74, 6) is 1.19. The summed E-state index contributed by atoms with van der Waals surface area (Å²) < 4.78 is 10.4. The predicted molar refractivity (Wildman–Crippen MR) is 89.8 cm³/mol. The fraction of sp³-hybridized carbons (Fsp3) is 0.467. The van der Waals surface area contributed by atoms with Gasteiger partial charge in [-0.1, -0.05) is 0 Å². The van der Waals surface area contributed by atoms with Crippen LogP contribution in [0.25, 0.3) is 0 Å². The van der Waals surface area contributed by atoms with Crippen LogP contribution in [-0.4, -0.2) is 43.3 Å². The minimum absolute atomic E-state index is 0.0105. The zero-order valence-electron chi connectivity index (χ0n) is 13.3. The van der Waals surface area contributed by atoms with Gasteiger partial charge in [-0.05, 0) is 19.1 Å². The number of carbonyl (C=O) groups is 2. The minimum atomic E-state index is -0.260. The molecule has 1 aromatic carbocycles. The van der Waals surface area contributed by atoms with Crippen molar-refractivity contribution in [2.75, 3.05) is 25.3 Å². The molecule has 126 valence electrons. The fourth-order valence-corrected chi connectivity index (χ4v) is 3.12. The number of hydrogen-bond acceptors (Lipinski definition) is 6. The molecule has 2 unspecified atom stereocenters. The third-order valence-corrected chi connectivity index (χ3v) is 4.30. The summed E-state index contributed by atoms with van der Waals surface area (Å²) in [6.45, 7) is 1.94. The van der Waals surface area contributed by atoms with Crippen LogP contribution in [0.4, 0.5) is 5.69 Å². The van der Waals surface area contributed by atoms with Crippen molar-refractivity contribution in [3.8, 4) is 11.5 Å². The van der Waals surface area contributed by atoms with Crippen molar-refractivity contribution in [2.24, 2.45) is 0 Å². The van der Waals surface area contributed by atoms with E-state index in [0.717, 1.165) is 0 Å². The number of carbonyl (C=O) groups excluding carboxylic acids is 2. The van der Waals surface area contributed by atoms with Gasteiger partial charge in [0, 0.05) is 18.5 Å². The van der Waals surface area contributed by atoms with Crippen LogP contribution in [0.15, 0.2) is 18.2 Å². The van der Waals surface area contributed by atoms with Crippen molar-refractivity contribution in [1.29, 1.82) is 0 Å². The molecule has 0 saturated carbocycles. The van der Waals surface area contributed by atoms with Crippen LogP contribution in [0, 0.1) is 0 Å². The number of ether oxygens (including phenoxy) is 2. The first-order chi connectivity index (χ1) is 11.0. The van der Waals surface area contributed by atoms with E-state index in [1.54, 1.807) is 25.3 Å². The minimum Gasteiger partial charge on any atom is -0.497 e. The Kier molecular flexibility index (Phi) is 6.12. The van der Waals surface area contributed by atoms with Crippen molar-refractivity contribution in [3.05, 3.63) is 18.2 Å². The van der Waals surface area contributed by atoms with Crippen LogP contribution < -0.4 is 25.4 Å². The maximum absolute atomic E-state index is 12.1. The molecule has 7 nitrogen and oxygen atoms in total. The Balaban J connectivity index is 1.90. The van der Waals surface area contributed by atoms with Crippen LogP contribution in [0.3, 0.4) is 0 Å². The van der Waals surface area contributed by atoms with E-state index in [1.807, 2.05) is 6.92 Å². The topological polar surface area (TPSA) is 88.7 Å². The highest BCUT2D eigenvalue weighted by molar-refractivity contribution is 8.00. The summed E-state index contributed by atoms with van der Waals surface area (Å²) in [6.07, 6.45) is 0.449. The summed E-state index contributed by atoms with van der Waals surface area (Å²) in [5, 5.41) is 8.80. The molecule has 0 aromatic heterocycles. The number of thioether (sulfide) groups is 1. The van der Waals surface area contributed by atoms with Crippen LogP contribution in [0.2, 0.25) is 0 Å². The molecule has 0 aliphatic carbocycles. The molecule has 1 aliphatic heterocycles. The van der Waals surface area contributed by atoms with Gasteiger partial charge in [0.1, 0.15) is 17.0 Å². The predicted octanol–water partition coefficient (Wildman–Crippen LogP) is 1.16. The molecule has 3 N–H and O–H groups in total. The monoisotopic (exact) mass is 339 g/mol. The maximum Gasteiger partial charge on any atom is 0.234 e. The summed E-state index contributed by atoms with van der Waals surface area (Å²) in [5.41, 5.74) is 0.288. The van der Waals surface area contributed by atoms with Crippen molar-refractivity contribution in [1.82, 2.24) is 10.6 Å². The molecule has 2 amide bonds. The average Bonchev–Trinajstić information content (AvgIpc) is 2.52. The largest absolute Gasteiger partial charge is 0.497 e. The molecular formula is C15H21N3O4S. The highest BCUT2D eigenvalue weighted by Crippen LogP contribution is 2.29. The van der Waals surface area contributed by atoms with Crippen LogP contribution in [0.1, 0.15) is 13.3 Å². The molecule has 8 heteroatoms.